The number of urea groups is 1. The van der Waals surface area contributed by atoms with Crippen molar-refractivity contribution in [3.8, 4) is 17.6 Å². The Morgan fingerprint density at radius 3 is 2.06 bits per heavy atom. The van der Waals surface area contributed by atoms with Gasteiger partial charge in [0.15, 0.2) is 0 Å². The molecule has 0 radical (unpaired) electrons. The second kappa shape index (κ2) is 20.3. The van der Waals surface area contributed by atoms with Gasteiger partial charge in [0.25, 0.3) is 0 Å². The molecule has 9 rings (SSSR count). The Hall–Kier alpha value is -7.60. The van der Waals surface area contributed by atoms with Crippen LogP contribution in [0.5, 0.6) is 5.75 Å². The molecule has 6 aromatic carbocycles. The van der Waals surface area contributed by atoms with Crippen molar-refractivity contribution in [2.24, 2.45) is 5.92 Å². The van der Waals surface area contributed by atoms with Crippen LogP contribution in [0.1, 0.15) is 82.6 Å². The topological polar surface area (TPSA) is 178 Å². The molecule has 6 aromatic rings. The second-order valence-corrected chi connectivity index (χ2v) is 17.3. The number of ether oxygens (including phenoxy) is 2. The first kappa shape index (κ1) is 46.5. The van der Waals surface area contributed by atoms with Crippen LogP contribution in [0.15, 0.2) is 164 Å². The number of morpholine rings is 1. The highest BCUT2D eigenvalue weighted by molar-refractivity contribution is 6.24. The number of nitrogens with one attached hydrogen (secondary N) is 2. The molecule has 13 heteroatoms. The number of carbonyl (C=O) groups is 4. The predicted octanol–water partition coefficient (Wildman–Crippen LogP) is 6.78. The molecule has 0 aliphatic carbocycles. The zero-order chi connectivity index (χ0) is 48.1. The van der Waals surface area contributed by atoms with Crippen molar-refractivity contribution < 1.29 is 44.0 Å². The lowest BCUT2D eigenvalue weighted by Gasteiger charge is -2.46. The van der Waals surface area contributed by atoms with E-state index in [0.717, 1.165) is 10.5 Å². The molecule has 350 valence electrons. The summed E-state index contributed by atoms with van der Waals surface area (Å²) in [6.07, 6.45) is -1.99. The van der Waals surface area contributed by atoms with Gasteiger partial charge < -0.3 is 35.4 Å². The van der Waals surface area contributed by atoms with Crippen LogP contribution < -0.4 is 20.3 Å². The molecule has 3 heterocycles. The van der Waals surface area contributed by atoms with E-state index >= 15 is 19.2 Å². The van der Waals surface area contributed by atoms with E-state index in [1.807, 2.05) is 102 Å². The van der Waals surface area contributed by atoms with Gasteiger partial charge in [-0.3, -0.25) is 19.3 Å². The number of fused-ring (bicyclic) bond motifs is 3. The summed E-state index contributed by atoms with van der Waals surface area (Å²) in [5, 5.41) is 37.2. The zero-order valence-electron chi connectivity index (χ0n) is 37.9. The summed E-state index contributed by atoms with van der Waals surface area (Å²) >= 11 is 0. The number of rotatable bonds is 13. The van der Waals surface area contributed by atoms with E-state index in [1.165, 1.54) is 0 Å². The van der Waals surface area contributed by atoms with Crippen LogP contribution in [0.25, 0.3) is 0 Å². The van der Waals surface area contributed by atoms with E-state index < -0.39 is 71.5 Å². The molecule has 8 atom stereocenters. The van der Waals surface area contributed by atoms with Gasteiger partial charge in [-0.1, -0.05) is 151 Å². The van der Waals surface area contributed by atoms with Crippen LogP contribution in [-0.4, -0.2) is 76.4 Å². The predicted molar refractivity (Wildman–Crippen MR) is 257 cm³/mol. The fraction of sp³-hybridized carbons (Fsp3) is 0.250. The third-order valence-electron chi connectivity index (χ3n) is 13.3. The van der Waals surface area contributed by atoms with E-state index in [0.29, 0.717) is 27.8 Å². The highest BCUT2D eigenvalue weighted by Crippen LogP contribution is 2.66. The maximum absolute atomic E-state index is 16.7. The summed E-state index contributed by atoms with van der Waals surface area (Å²) < 4.78 is 12.9. The molecule has 69 heavy (non-hydrogen) atoms. The monoisotopic (exact) mass is 924 g/mol. The van der Waals surface area contributed by atoms with Crippen molar-refractivity contribution in [3.63, 3.8) is 0 Å². The average molecular weight is 925 g/mol. The molecule has 0 bridgehead atoms. The number of imide groups is 1. The molecule has 5 N–H and O–H groups in total. The van der Waals surface area contributed by atoms with Crippen molar-refractivity contribution in [1.82, 2.24) is 15.5 Å². The molecule has 8 unspecified atom stereocenters. The number of amides is 4. The van der Waals surface area contributed by atoms with Crippen molar-refractivity contribution in [2.75, 3.05) is 31.3 Å². The molecule has 2 fully saturated rings. The average Bonchev–Trinajstić information content (AvgIpc) is 3.84. The highest BCUT2D eigenvalue weighted by atomic mass is 16.6. The number of carbonyl (C=O) groups excluding carboxylic acids is 4. The molecule has 0 aromatic heterocycles. The minimum Gasteiger partial charge on any atom is -0.491 e. The van der Waals surface area contributed by atoms with E-state index in [4.69, 9.17) is 9.47 Å². The lowest BCUT2D eigenvalue weighted by Crippen LogP contribution is -2.56. The van der Waals surface area contributed by atoms with Gasteiger partial charge in [-0.15, -0.1) is 0 Å². The Labute approximate surface area is 400 Å². The quantitative estimate of drug-likeness (QED) is 0.0613. The number of hydrogen-bond acceptors (Lipinski definition) is 10. The van der Waals surface area contributed by atoms with Gasteiger partial charge in [0.05, 0.1) is 49.0 Å². The standard InChI is InChI=1S/C56H52N4O9/c1-36(38-19-6-2-7-20-38)58-55(67)59-44-30-29-37(18-16-17-31-61)34-43(44)56(54(59)66)47(52(64)57-35-45(63)39-21-8-3-9-22-39)49-53(65)69-50(41-25-12-5-13-26-41)48(40-23-10-4-11-24-40)60(49)51(56)42-27-14-15-28-46(42)68-33-32-62/h2-15,19-30,34,36,45,47-51,61-63H,17,31-33,35H2,1H3,(H,57,64)(H,58,67). The minimum absolute atomic E-state index is 0.126. The smallest absolute Gasteiger partial charge is 0.329 e. The summed E-state index contributed by atoms with van der Waals surface area (Å²) in [5.74, 6) is 2.35. The van der Waals surface area contributed by atoms with Gasteiger partial charge in [0, 0.05) is 24.1 Å². The lowest BCUT2D eigenvalue weighted by atomic mass is 9.65. The number of cyclic esters (lactones) is 1. The van der Waals surface area contributed by atoms with Crippen LogP contribution >= 0.6 is 0 Å². The van der Waals surface area contributed by atoms with E-state index in [1.54, 1.807) is 73.7 Å². The third kappa shape index (κ3) is 8.64. The van der Waals surface area contributed by atoms with Crippen molar-refractivity contribution in [2.45, 2.75) is 55.1 Å². The molecule has 0 saturated carbocycles. The van der Waals surface area contributed by atoms with Gasteiger partial charge in [0.2, 0.25) is 11.8 Å². The molecular weight excluding hydrogens is 873 g/mol. The van der Waals surface area contributed by atoms with Gasteiger partial charge in [-0.2, -0.15) is 0 Å². The number of nitrogens with zero attached hydrogens (tertiary/aromatic N) is 2. The van der Waals surface area contributed by atoms with Crippen LogP contribution in [0.2, 0.25) is 0 Å². The van der Waals surface area contributed by atoms with Crippen LogP contribution in [-0.2, 0) is 24.5 Å². The molecule has 2 saturated heterocycles. The van der Waals surface area contributed by atoms with Gasteiger partial charge >= 0.3 is 12.0 Å². The Kier molecular flexibility index (Phi) is 13.7. The number of aliphatic hydroxyl groups is 3. The van der Waals surface area contributed by atoms with E-state index in [9.17, 15) is 15.3 Å². The molecular formula is C56H52N4O9. The summed E-state index contributed by atoms with van der Waals surface area (Å²) in [4.78, 5) is 65.9. The number of para-hydroxylation sites is 1. The van der Waals surface area contributed by atoms with Crippen molar-refractivity contribution in [3.05, 3.63) is 203 Å². The Morgan fingerprint density at radius 1 is 0.768 bits per heavy atom. The number of esters is 1. The number of aliphatic hydroxyl groups excluding tert-OH is 3. The first-order valence-corrected chi connectivity index (χ1v) is 23.0. The normalized spacial score (nSPS) is 22.4. The highest BCUT2D eigenvalue weighted by Gasteiger charge is 2.76. The Balaban J connectivity index is 1.34. The first-order chi connectivity index (χ1) is 33.7. The number of anilines is 1. The van der Waals surface area contributed by atoms with Crippen LogP contribution in [0.3, 0.4) is 0 Å². The molecule has 13 nitrogen and oxygen atoms in total. The molecule has 3 aliphatic rings. The van der Waals surface area contributed by atoms with Crippen molar-refractivity contribution >= 4 is 29.5 Å². The summed E-state index contributed by atoms with van der Waals surface area (Å²) in [6, 6.07) is 43.7. The maximum atomic E-state index is 16.7. The summed E-state index contributed by atoms with van der Waals surface area (Å²) in [6.45, 7) is 0.847. The molecule has 1 spiro atoms. The summed E-state index contributed by atoms with van der Waals surface area (Å²) in [5.41, 5.74) is 1.76. The second-order valence-electron chi connectivity index (χ2n) is 17.3. The fourth-order valence-corrected chi connectivity index (χ4v) is 10.3. The number of benzene rings is 6. The van der Waals surface area contributed by atoms with Crippen LogP contribution in [0.4, 0.5) is 10.5 Å². The molecule has 3 aliphatic heterocycles. The van der Waals surface area contributed by atoms with E-state index in [2.05, 4.69) is 22.5 Å². The van der Waals surface area contributed by atoms with Gasteiger partial charge in [-0.05, 0) is 59.0 Å². The van der Waals surface area contributed by atoms with Gasteiger partial charge in [-0.25, -0.2) is 9.69 Å². The largest absolute Gasteiger partial charge is 0.491 e. The lowest BCUT2D eigenvalue weighted by molar-refractivity contribution is -0.178. The Bertz CT molecular complexity index is 2880. The first-order valence-electron chi connectivity index (χ1n) is 23.0. The minimum atomic E-state index is -2.14. The Morgan fingerprint density at radius 2 is 1.39 bits per heavy atom. The fourth-order valence-electron chi connectivity index (χ4n) is 10.3. The summed E-state index contributed by atoms with van der Waals surface area (Å²) in [7, 11) is 0. The SMILES string of the molecule is CC(NC(=O)N1C(=O)C2(c3cc(C#CCCO)ccc31)C(C(=O)NCC(O)c1ccccc1)C1C(=O)OC(c3ccccc3)C(c3ccccc3)N1C2c1ccccc1OCCO)c1ccccc1. The van der Waals surface area contributed by atoms with E-state index in [-0.39, 0.29) is 49.8 Å². The zero-order valence-corrected chi connectivity index (χ0v) is 37.9. The molecule has 4 amide bonds. The van der Waals surface area contributed by atoms with Gasteiger partial charge in [0.1, 0.15) is 29.9 Å². The maximum Gasteiger partial charge on any atom is 0.329 e. The number of hydrogen-bond donors (Lipinski definition) is 5. The van der Waals surface area contributed by atoms with Crippen LogP contribution in [0, 0.1) is 17.8 Å². The third-order valence-corrected chi connectivity index (χ3v) is 13.3. The van der Waals surface area contributed by atoms with Crippen molar-refractivity contribution in [1.29, 1.82) is 0 Å².